The summed E-state index contributed by atoms with van der Waals surface area (Å²) in [5.41, 5.74) is 1.48. The second-order valence-electron chi connectivity index (χ2n) is 4.99. The number of aryl methyl sites for hydroxylation is 2. The third kappa shape index (κ3) is 3.06. The van der Waals surface area contributed by atoms with Crippen LogP contribution in [0.25, 0.3) is 11.0 Å². The maximum atomic E-state index is 11.9. The van der Waals surface area contributed by atoms with Crippen LogP contribution in [0.2, 0.25) is 0 Å². The smallest absolute Gasteiger partial charge is 0.336 e. The summed E-state index contributed by atoms with van der Waals surface area (Å²) >= 11 is 0. The Morgan fingerprint density at radius 1 is 1.27 bits per heavy atom. The van der Waals surface area contributed by atoms with E-state index in [1.165, 1.54) is 6.07 Å². The van der Waals surface area contributed by atoms with Crippen molar-refractivity contribution in [3.8, 4) is 0 Å². The third-order valence-electron chi connectivity index (χ3n) is 3.32. The summed E-state index contributed by atoms with van der Waals surface area (Å²) in [4.78, 5) is 23.3. The van der Waals surface area contributed by atoms with Gasteiger partial charge < -0.3 is 14.3 Å². The van der Waals surface area contributed by atoms with E-state index in [1.54, 1.807) is 24.4 Å². The third-order valence-corrected chi connectivity index (χ3v) is 3.32. The first-order chi connectivity index (χ1) is 10.6. The van der Waals surface area contributed by atoms with Crippen LogP contribution in [-0.4, -0.2) is 11.1 Å². The lowest BCUT2D eigenvalue weighted by molar-refractivity contribution is -0.116. The van der Waals surface area contributed by atoms with Gasteiger partial charge in [-0.25, -0.2) is 4.79 Å². The van der Waals surface area contributed by atoms with Crippen LogP contribution in [-0.2, 0) is 11.2 Å². The van der Waals surface area contributed by atoms with Gasteiger partial charge in [0.1, 0.15) is 11.3 Å². The first-order valence-corrected chi connectivity index (χ1v) is 6.86. The van der Waals surface area contributed by atoms with E-state index in [4.69, 9.17) is 8.94 Å². The number of nitrogens with one attached hydrogen (secondary N) is 1. The van der Waals surface area contributed by atoms with Gasteiger partial charge in [0.2, 0.25) is 5.91 Å². The van der Waals surface area contributed by atoms with Crippen molar-refractivity contribution < 1.29 is 13.7 Å². The second kappa shape index (κ2) is 5.85. The molecule has 6 heteroatoms. The molecule has 22 heavy (non-hydrogen) atoms. The summed E-state index contributed by atoms with van der Waals surface area (Å²) in [6.07, 6.45) is 2.31. The molecule has 0 fully saturated rings. The zero-order chi connectivity index (χ0) is 15.5. The van der Waals surface area contributed by atoms with Gasteiger partial charge in [0, 0.05) is 42.1 Å². The predicted octanol–water partition coefficient (Wildman–Crippen LogP) is 2.66. The lowest BCUT2D eigenvalue weighted by Gasteiger charge is -2.06. The van der Waals surface area contributed by atoms with Crippen molar-refractivity contribution in [2.75, 3.05) is 5.32 Å². The van der Waals surface area contributed by atoms with Crippen molar-refractivity contribution >= 4 is 22.6 Å². The fourth-order valence-electron chi connectivity index (χ4n) is 2.23. The van der Waals surface area contributed by atoms with Crippen LogP contribution in [0.5, 0.6) is 0 Å². The van der Waals surface area contributed by atoms with Crippen LogP contribution in [0, 0.1) is 6.92 Å². The minimum absolute atomic E-state index is 0.147. The van der Waals surface area contributed by atoms with Crippen LogP contribution in [0.4, 0.5) is 5.69 Å². The topological polar surface area (TPSA) is 85.3 Å². The fourth-order valence-corrected chi connectivity index (χ4v) is 2.23. The molecule has 0 bridgehead atoms. The highest BCUT2D eigenvalue weighted by molar-refractivity contribution is 5.93. The van der Waals surface area contributed by atoms with Crippen LogP contribution < -0.4 is 10.9 Å². The van der Waals surface area contributed by atoms with E-state index in [-0.39, 0.29) is 12.3 Å². The zero-order valence-electron chi connectivity index (χ0n) is 12.0. The van der Waals surface area contributed by atoms with Crippen LogP contribution in [0.15, 0.2) is 50.3 Å². The molecule has 1 aromatic carbocycles. The number of hydrogen-bond acceptors (Lipinski definition) is 5. The number of carbonyl (C=O) groups excluding carboxylic acids is 1. The van der Waals surface area contributed by atoms with Gasteiger partial charge in [-0.3, -0.25) is 4.79 Å². The van der Waals surface area contributed by atoms with Crippen molar-refractivity contribution in [2.45, 2.75) is 19.8 Å². The van der Waals surface area contributed by atoms with E-state index in [9.17, 15) is 9.59 Å². The van der Waals surface area contributed by atoms with Crippen molar-refractivity contribution in [1.29, 1.82) is 0 Å². The van der Waals surface area contributed by atoms with Crippen LogP contribution >= 0.6 is 0 Å². The molecule has 6 nitrogen and oxygen atoms in total. The number of benzene rings is 1. The molecule has 1 amide bonds. The average Bonchev–Trinajstić information content (AvgIpc) is 2.98. The van der Waals surface area contributed by atoms with Gasteiger partial charge >= 0.3 is 5.63 Å². The average molecular weight is 298 g/mol. The standard InChI is InChI=1S/C16H14N2O4/c1-10-8-16(20)21-14-9-11(2-4-13(10)14)18-15(19)5-3-12-6-7-17-22-12/h2,4,6-9H,3,5H2,1H3,(H,18,19). The van der Waals surface area contributed by atoms with Crippen LogP contribution in [0.1, 0.15) is 17.7 Å². The summed E-state index contributed by atoms with van der Waals surface area (Å²) in [5.74, 6) is 0.515. The van der Waals surface area contributed by atoms with Gasteiger partial charge in [-0.15, -0.1) is 0 Å². The van der Waals surface area contributed by atoms with E-state index < -0.39 is 5.63 Å². The molecule has 0 spiro atoms. The zero-order valence-corrected chi connectivity index (χ0v) is 12.0. The molecule has 0 saturated heterocycles. The summed E-state index contributed by atoms with van der Waals surface area (Å²) < 4.78 is 10.1. The number of hydrogen-bond donors (Lipinski definition) is 1. The monoisotopic (exact) mass is 298 g/mol. The lowest BCUT2D eigenvalue weighted by atomic mass is 10.1. The van der Waals surface area contributed by atoms with E-state index >= 15 is 0 Å². The Labute approximate surface area is 125 Å². The first kappa shape index (κ1) is 14.1. The van der Waals surface area contributed by atoms with E-state index in [0.29, 0.717) is 23.5 Å². The van der Waals surface area contributed by atoms with E-state index in [1.807, 2.05) is 13.0 Å². The number of carbonyl (C=O) groups is 1. The number of nitrogens with zero attached hydrogens (tertiary/aromatic N) is 1. The van der Waals surface area contributed by atoms with E-state index in [0.717, 1.165) is 10.9 Å². The minimum Gasteiger partial charge on any atom is -0.423 e. The molecule has 0 aliphatic heterocycles. The molecule has 0 unspecified atom stereocenters. The highest BCUT2D eigenvalue weighted by Crippen LogP contribution is 2.20. The molecular formula is C16H14N2O4. The molecule has 0 aliphatic carbocycles. The van der Waals surface area contributed by atoms with Gasteiger partial charge in [0.25, 0.3) is 0 Å². The second-order valence-corrected chi connectivity index (χ2v) is 4.99. The molecule has 2 heterocycles. The molecular weight excluding hydrogens is 284 g/mol. The summed E-state index contributed by atoms with van der Waals surface area (Å²) in [6, 6.07) is 8.41. The Bertz CT molecular complexity index is 865. The summed E-state index contributed by atoms with van der Waals surface area (Å²) in [7, 11) is 0. The molecule has 0 saturated carbocycles. The quantitative estimate of drug-likeness (QED) is 0.748. The molecule has 3 rings (SSSR count). The normalized spacial score (nSPS) is 10.8. The molecule has 0 radical (unpaired) electrons. The maximum Gasteiger partial charge on any atom is 0.336 e. The van der Waals surface area contributed by atoms with E-state index in [2.05, 4.69) is 10.5 Å². The molecule has 2 aromatic heterocycles. The highest BCUT2D eigenvalue weighted by atomic mass is 16.5. The lowest BCUT2D eigenvalue weighted by Crippen LogP contribution is -2.12. The van der Waals surface area contributed by atoms with Gasteiger partial charge in [-0.2, -0.15) is 0 Å². The molecule has 0 aliphatic rings. The Morgan fingerprint density at radius 2 is 2.14 bits per heavy atom. The number of aromatic nitrogens is 1. The minimum atomic E-state index is -0.404. The Balaban J connectivity index is 1.73. The van der Waals surface area contributed by atoms with Crippen molar-refractivity contribution in [2.24, 2.45) is 0 Å². The predicted molar refractivity (Wildman–Crippen MR) is 80.7 cm³/mol. The first-order valence-electron chi connectivity index (χ1n) is 6.86. The van der Waals surface area contributed by atoms with Crippen molar-refractivity contribution in [3.63, 3.8) is 0 Å². The van der Waals surface area contributed by atoms with Crippen molar-refractivity contribution in [1.82, 2.24) is 5.16 Å². The Kier molecular flexibility index (Phi) is 3.74. The van der Waals surface area contributed by atoms with Gasteiger partial charge in [0.15, 0.2) is 0 Å². The van der Waals surface area contributed by atoms with Gasteiger partial charge in [0.05, 0.1) is 6.20 Å². The van der Waals surface area contributed by atoms with Gasteiger partial charge in [-0.05, 0) is 24.6 Å². The maximum absolute atomic E-state index is 11.9. The number of amides is 1. The fraction of sp³-hybridized carbons (Fsp3) is 0.188. The largest absolute Gasteiger partial charge is 0.423 e. The Morgan fingerprint density at radius 3 is 2.91 bits per heavy atom. The van der Waals surface area contributed by atoms with Crippen molar-refractivity contribution in [3.05, 3.63) is 58.3 Å². The Hall–Kier alpha value is -2.89. The molecule has 1 N–H and O–H groups in total. The number of fused-ring (bicyclic) bond motifs is 1. The molecule has 112 valence electrons. The molecule has 0 atom stereocenters. The summed E-state index contributed by atoms with van der Waals surface area (Å²) in [6.45, 7) is 1.84. The highest BCUT2D eigenvalue weighted by Gasteiger charge is 2.07. The SMILES string of the molecule is Cc1cc(=O)oc2cc(NC(=O)CCc3ccno3)ccc12. The van der Waals surface area contributed by atoms with Gasteiger partial charge in [-0.1, -0.05) is 5.16 Å². The number of rotatable bonds is 4. The number of anilines is 1. The summed E-state index contributed by atoms with van der Waals surface area (Å²) in [5, 5.41) is 7.20. The van der Waals surface area contributed by atoms with Crippen LogP contribution in [0.3, 0.4) is 0 Å². The molecule has 3 aromatic rings.